The van der Waals surface area contributed by atoms with E-state index in [1.165, 1.54) is 4.90 Å². The first-order chi connectivity index (χ1) is 8.24. The van der Waals surface area contributed by atoms with Gasteiger partial charge in [-0.3, -0.25) is 0 Å². The number of anilines is 1. The quantitative estimate of drug-likeness (QED) is 0.912. The van der Waals surface area contributed by atoms with E-state index in [-0.39, 0.29) is 12.6 Å². The SMILES string of the molecule is CC(C)N(CC(F)(F)F)c1ccc(Br)cc1CO. The topological polar surface area (TPSA) is 23.5 Å². The zero-order valence-electron chi connectivity index (χ0n) is 10.1. The summed E-state index contributed by atoms with van der Waals surface area (Å²) in [4.78, 5) is 1.23. The Labute approximate surface area is 113 Å². The lowest BCUT2D eigenvalue weighted by atomic mass is 10.1. The predicted octanol–water partition coefficient (Wildman–Crippen LogP) is 3.72. The number of aliphatic hydroxyl groups excluding tert-OH is 1. The molecular formula is C12H15BrF3NO. The van der Waals surface area contributed by atoms with Crippen LogP contribution in [0.2, 0.25) is 0 Å². The molecule has 0 aliphatic rings. The van der Waals surface area contributed by atoms with Crippen molar-refractivity contribution in [2.75, 3.05) is 11.4 Å². The summed E-state index contributed by atoms with van der Waals surface area (Å²) in [5.41, 5.74) is 0.885. The van der Waals surface area contributed by atoms with E-state index in [1.54, 1.807) is 32.0 Å². The van der Waals surface area contributed by atoms with Gasteiger partial charge in [-0.25, -0.2) is 0 Å². The fraction of sp³-hybridized carbons (Fsp3) is 0.500. The Bertz CT molecular complexity index is 407. The van der Waals surface area contributed by atoms with Crippen LogP contribution in [-0.2, 0) is 6.61 Å². The third-order valence-corrected chi connectivity index (χ3v) is 2.99. The Balaban J connectivity index is 3.13. The van der Waals surface area contributed by atoms with Gasteiger partial charge >= 0.3 is 6.18 Å². The number of aliphatic hydroxyl groups is 1. The van der Waals surface area contributed by atoms with E-state index in [4.69, 9.17) is 0 Å². The second kappa shape index (κ2) is 5.93. The minimum atomic E-state index is -4.27. The van der Waals surface area contributed by atoms with Crippen LogP contribution in [-0.4, -0.2) is 23.9 Å². The summed E-state index contributed by atoms with van der Waals surface area (Å²) < 4.78 is 38.4. The highest BCUT2D eigenvalue weighted by atomic mass is 79.9. The number of nitrogens with zero attached hydrogens (tertiary/aromatic N) is 1. The molecule has 0 unspecified atom stereocenters. The van der Waals surface area contributed by atoms with Crippen LogP contribution >= 0.6 is 15.9 Å². The van der Waals surface area contributed by atoms with Crippen molar-refractivity contribution in [2.24, 2.45) is 0 Å². The lowest BCUT2D eigenvalue weighted by molar-refractivity contribution is -0.120. The molecule has 1 aromatic rings. The van der Waals surface area contributed by atoms with Crippen LogP contribution in [0.5, 0.6) is 0 Å². The largest absolute Gasteiger partial charge is 0.405 e. The molecule has 1 N–H and O–H groups in total. The lowest BCUT2D eigenvalue weighted by Gasteiger charge is -2.31. The van der Waals surface area contributed by atoms with Gasteiger partial charge in [-0.15, -0.1) is 0 Å². The van der Waals surface area contributed by atoms with Gasteiger partial charge in [0.15, 0.2) is 0 Å². The molecule has 1 aromatic carbocycles. The molecule has 0 atom stereocenters. The molecule has 18 heavy (non-hydrogen) atoms. The van der Waals surface area contributed by atoms with Gasteiger partial charge in [0.25, 0.3) is 0 Å². The zero-order valence-corrected chi connectivity index (χ0v) is 11.7. The summed E-state index contributed by atoms with van der Waals surface area (Å²) in [5.74, 6) is 0. The molecular weight excluding hydrogens is 311 g/mol. The maximum absolute atomic E-state index is 12.6. The molecule has 2 nitrogen and oxygen atoms in total. The maximum atomic E-state index is 12.6. The van der Waals surface area contributed by atoms with Crippen LogP contribution in [0.25, 0.3) is 0 Å². The van der Waals surface area contributed by atoms with Gasteiger partial charge in [0.05, 0.1) is 6.61 Å². The van der Waals surface area contributed by atoms with Crippen molar-refractivity contribution in [1.29, 1.82) is 0 Å². The number of hydrogen-bond donors (Lipinski definition) is 1. The number of rotatable bonds is 4. The maximum Gasteiger partial charge on any atom is 0.405 e. The Morgan fingerprint density at radius 1 is 1.33 bits per heavy atom. The molecule has 0 spiro atoms. The molecule has 0 fully saturated rings. The van der Waals surface area contributed by atoms with E-state index in [0.717, 1.165) is 4.47 Å². The summed E-state index contributed by atoms with van der Waals surface area (Å²) >= 11 is 3.23. The van der Waals surface area contributed by atoms with E-state index in [1.807, 2.05) is 0 Å². The third-order valence-electron chi connectivity index (χ3n) is 2.49. The molecule has 0 aliphatic heterocycles. The van der Waals surface area contributed by atoms with Gasteiger partial charge in [0.2, 0.25) is 0 Å². The number of hydrogen-bond acceptors (Lipinski definition) is 2. The van der Waals surface area contributed by atoms with E-state index < -0.39 is 12.7 Å². The smallest absolute Gasteiger partial charge is 0.392 e. The molecule has 1 rings (SSSR count). The molecule has 0 amide bonds. The van der Waals surface area contributed by atoms with Crippen LogP contribution in [0.1, 0.15) is 19.4 Å². The van der Waals surface area contributed by atoms with Crippen LogP contribution in [0.3, 0.4) is 0 Å². The minimum absolute atomic E-state index is 0.296. The summed E-state index contributed by atoms with van der Waals surface area (Å²) in [6.45, 7) is 2.05. The molecule has 6 heteroatoms. The fourth-order valence-corrected chi connectivity index (χ4v) is 2.11. The number of halogens is 4. The Morgan fingerprint density at radius 3 is 2.39 bits per heavy atom. The van der Waals surface area contributed by atoms with Gasteiger partial charge in [-0.05, 0) is 32.0 Å². The minimum Gasteiger partial charge on any atom is -0.392 e. The molecule has 102 valence electrons. The number of benzene rings is 1. The zero-order chi connectivity index (χ0) is 13.9. The average Bonchev–Trinajstić information content (AvgIpc) is 2.24. The van der Waals surface area contributed by atoms with Crippen molar-refractivity contribution in [1.82, 2.24) is 0 Å². The van der Waals surface area contributed by atoms with Gasteiger partial charge in [0, 0.05) is 21.8 Å². The third kappa shape index (κ3) is 4.17. The summed E-state index contributed by atoms with van der Waals surface area (Å²) in [6, 6.07) is 4.57. The highest BCUT2D eigenvalue weighted by molar-refractivity contribution is 9.10. The molecule has 0 bridgehead atoms. The Morgan fingerprint density at radius 2 is 1.94 bits per heavy atom. The van der Waals surface area contributed by atoms with Crippen molar-refractivity contribution in [3.8, 4) is 0 Å². The van der Waals surface area contributed by atoms with Crippen LogP contribution < -0.4 is 4.90 Å². The number of alkyl halides is 3. The first-order valence-corrected chi connectivity index (χ1v) is 6.26. The average molecular weight is 326 g/mol. The van der Waals surface area contributed by atoms with Crippen molar-refractivity contribution >= 4 is 21.6 Å². The highest BCUT2D eigenvalue weighted by Gasteiger charge is 2.32. The van der Waals surface area contributed by atoms with Gasteiger partial charge in [0.1, 0.15) is 6.54 Å². The fourth-order valence-electron chi connectivity index (χ4n) is 1.70. The molecule has 0 radical (unpaired) electrons. The molecule has 0 aliphatic carbocycles. The van der Waals surface area contributed by atoms with Crippen molar-refractivity contribution in [3.63, 3.8) is 0 Å². The van der Waals surface area contributed by atoms with Crippen molar-refractivity contribution < 1.29 is 18.3 Å². The van der Waals surface area contributed by atoms with Crippen LogP contribution in [0.15, 0.2) is 22.7 Å². The summed E-state index contributed by atoms with van der Waals surface area (Å²) in [7, 11) is 0. The second-order valence-electron chi connectivity index (χ2n) is 4.27. The monoisotopic (exact) mass is 325 g/mol. The van der Waals surface area contributed by atoms with Crippen molar-refractivity contribution in [3.05, 3.63) is 28.2 Å². The second-order valence-corrected chi connectivity index (χ2v) is 5.18. The van der Waals surface area contributed by atoms with Crippen LogP contribution in [0, 0.1) is 0 Å². The van der Waals surface area contributed by atoms with E-state index in [0.29, 0.717) is 11.3 Å². The standard InChI is InChI=1S/C12H15BrF3NO/c1-8(2)17(7-12(14,15)16)11-4-3-10(13)5-9(11)6-18/h3-5,8,18H,6-7H2,1-2H3. The molecule has 0 saturated carbocycles. The lowest BCUT2D eigenvalue weighted by Crippen LogP contribution is -2.39. The van der Waals surface area contributed by atoms with E-state index in [2.05, 4.69) is 15.9 Å². The first kappa shape index (κ1) is 15.3. The highest BCUT2D eigenvalue weighted by Crippen LogP contribution is 2.29. The molecule has 0 aromatic heterocycles. The predicted molar refractivity (Wildman–Crippen MR) is 68.6 cm³/mol. The van der Waals surface area contributed by atoms with Gasteiger partial charge < -0.3 is 10.0 Å². The van der Waals surface area contributed by atoms with Crippen molar-refractivity contribution in [2.45, 2.75) is 32.7 Å². The van der Waals surface area contributed by atoms with E-state index >= 15 is 0 Å². The van der Waals surface area contributed by atoms with Gasteiger partial charge in [-0.2, -0.15) is 13.2 Å². The summed E-state index contributed by atoms with van der Waals surface area (Å²) in [6.07, 6.45) is -4.27. The Hall–Kier alpha value is -0.750. The Kier molecular flexibility index (Phi) is 5.04. The molecule has 0 heterocycles. The first-order valence-electron chi connectivity index (χ1n) is 5.47. The van der Waals surface area contributed by atoms with Crippen LogP contribution in [0.4, 0.5) is 18.9 Å². The van der Waals surface area contributed by atoms with Gasteiger partial charge in [-0.1, -0.05) is 15.9 Å². The van der Waals surface area contributed by atoms with E-state index in [9.17, 15) is 18.3 Å². The molecule has 0 saturated heterocycles. The summed E-state index contributed by atoms with van der Waals surface area (Å²) in [5, 5.41) is 9.24. The normalized spacial score (nSPS) is 12.0.